The zero-order valence-electron chi connectivity index (χ0n) is 13.3. The van der Waals surface area contributed by atoms with Gasteiger partial charge in [0, 0.05) is 5.39 Å². The molecule has 3 rings (SSSR count). The molecule has 152 valence electrons. The van der Waals surface area contributed by atoms with E-state index in [1.165, 1.54) is 0 Å². The van der Waals surface area contributed by atoms with Crippen LogP contribution in [0.2, 0.25) is 0 Å². The van der Waals surface area contributed by atoms with E-state index in [9.17, 15) is 26.3 Å². The number of para-hydroxylation sites is 1. The Hall–Kier alpha value is -3.58. The van der Waals surface area contributed by atoms with E-state index in [0.717, 1.165) is 21.9 Å². The van der Waals surface area contributed by atoms with Crippen molar-refractivity contribution in [1.82, 2.24) is 15.0 Å². The van der Waals surface area contributed by atoms with Crippen LogP contribution >= 0.6 is 0 Å². The minimum absolute atomic E-state index is 0.472. The first kappa shape index (κ1) is 22.5. The molecule has 0 spiro atoms. The van der Waals surface area contributed by atoms with Crippen molar-refractivity contribution >= 4 is 39.7 Å². The number of rotatable bonds is 0. The van der Waals surface area contributed by atoms with Crippen molar-refractivity contribution in [2.75, 3.05) is 5.73 Å². The van der Waals surface area contributed by atoms with Gasteiger partial charge in [-0.3, -0.25) is 0 Å². The number of fused-ring (bicyclic) bond motifs is 3. The fourth-order valence-electron chi connectivity index (χ4n) is 1.66. The standard InChI is InChI=1S/C10H8N4.2C2HF3O2/c11-10-9-8(12-5-13-9)6-3-1-2-4-7(6)14-10;2*3-2(4,5)1(6)7/h1-5H,(H2,11,14)(H,12,13);2*(H,6,7). The molecule has 28 heavy (non-hydrogen) atoms. The second kappa shape index (κ2) is 8.41. The number of hydrogen-bond acceptors (Lipinski definition) is 5. The van der Waals surface area contributed by atoms with Crippen LogP contribution in [0.25, 0.3) is 21.9 Å². The summed E-state index contributed by atoms with van der Waals surface area (Å²) in [5, 5.41) is 15.3. The molecule has 0 saturated carbocycles. The molecule has 2 aromatic heterocycles. The van der Waals surface area contributed by atoms with Gasteiger partial charge in [0.1, 0.15) is 5.52 Å². The summed E-state index contributed by atoms with van der Waals surface area (Å²) in [6.07, 6.45) is -8.53. The van der Waals surface area contributed by atoms with Gasteiger partial charge in [-0.2, -0.15) is 26.3 Å². The predicted molar refractivity (Wildman–Crippen MR) is 83.2 cm³/mol. The van der Waals surface area contributed by atoms with Gasteiger partial charge in [0.25, 0.3) is 0 Å². The van der Waals surface area contributed by atoms with Gasteiger partial charge in [-0.25, -0.2) is 19.6 Å². The number of carboxylic acids is 2. The van der Waals surface area contributed by atoms with Crippen LogP contribution in [0, 0.1) is 0 Å². The summed E-state index contributed by atoms with van der Waals surface area (Å²) in [7, 11) is 0. The number of aromatic nitrogens is 3. The summed E-state index contributed by atoms with van der Waals surface area (Å²) in [5.74, 6) is -5.04. The Labute approximate surface area is 150 Å². The number of imidazole rings is 1. The van der Waals surface area contributed by atoms with E-state index in [1.54, 1.807) is 6.33 Å². The van der Waals surface area contributed by atoms with Crippen LogP contribution in [0.15, 0.2) is 30.6 Å². The summed E-state index contributed by atoms with van der Waals surface area (Å²) >= 11 is 0. The Morgan fingerprint density at radius 3 is 1.89 bits per heavy atom. The number of hydrogen-bond donors (Lipinski definition) is 4. The van der Waals surface area contributed by atoms with Crippen molar-refractivity contribution in [2.24, 2.45) is 0 Å². The van der Waals surface area contributed by atoms with E-state index in [2.05, 4.69) is 15.0 Å². The van der Waals surface area contributed by atoms with E-state index in [-0.39, 0.29) is 0 Å². The lowest BCUT2D eigenvalue weighted by molar-refractivity contribution is -0.193. The largest absolute Gasteiger partial charge is 0.490 e. The minimum atomic E-state index is -5.08. The van der Waals surface area contributed by atoms with Gasteiger partial charge in [0.15, 0.2) is 5.82 Å². The average Bonchev–Trinajstić information content (AvgIpc) is 3.05. The van der Waals surface area contributed by atoms with E-state index < -0.39 is 24.3 Å². The van der Waals surface area contributed by atoms with Crippen LogP contribution in [-0.4, -0.2) is 49.5 Å². The van der Waals surface area contributed by atoms with Crippen LogP contribution in [-0.2, 0) is 9.59 Å². The molecule has 14 heteroatoms. The molecule has 0 aliphatic carbocycles. The number of nitrogen functional groups attached to an aromatic ring is 1. The van der Waals surface area contributed by atoms with Crippen molar-refractivity contribution in [3.63, 3.8) is 0 Å². The van der Waals surface area contributed by atoms with Crippen LogP contribution in [0.5, 0.6) is 0 Å². The van der Waals surface area contributed by atoms with Crippen molar-refractivity contribution in [3.05, 3.63) is 30.6 Å². The lowest BCUT2D eigenvalue weighted by atomic mass is 10.2. The van der Waals surface area contributed by atoms with E-state index in [1.807, 2.05) is 24.3 Å². The van der Waals surface area contributed by atoms with Gasteiger partial charge in [0.05, 0.1) is 17.4 Å². The van der Waals surface area contributed by atoms with Crippen molar-refractivity contribution in [1.29, 1.82) is 0 Å². The molecule has 0 aliphatic heterocycles. The molecule has 0 unspecified atom stereocenters. The number of H-pyrrole nitrogens is 1. The number of aromatic amines is 1. The Morgan fingerprint density at radius 2 is 1.43 bits per heavy atom. The molecule has 0 bridgehead atoms. The van der Waals surface area contributed by atoms with Gasteiger partial charge in [-0.05, 0) is 6.07 Å². The Morgan fingerprint density at radius 1 is 0.964 bits per heavy atom. The van der Waals surface area contributed by atoms with Gasteiger partial charge < -0.3 is 20.9 Å². The highest BCUT2D eigenvalue weighted by Gasteiger charge is 2.38. The number of benzene rings is 1. The topological polar surface area (TPSA) is 142 Å². The van der Waals surface area contributed by atoms with Crippen molar-refractivity contribution in [2.45, 2.75) is 12.4 Å². The summed E-state index contributed by atoms with van der Waals surface area (Å²) in [6, 6.07) is 7.85. The fourth-order valence-corrected chi connectivity index (χ4v) is 1.66. The number of aliphatic carboxylic acids is 2. The molecule has 0 aliphatic rings. The van der Waals surface area contributed by atoms with Crippen LogP contribution in [0.1, 0.15) is 0 Å². The summed E-state index contributed by atoms with van der Waals surface area (Å²) in [6.45, 7) is 0. The highest BCUT2D eigenvalue weighted by molar-refractivity contribution is 6.05. The molecule has 0 atom stereocenters. The zero-order valence-corrected chi connectivity index (χ0v) is 13.3. The normalized spacial score (nSPS) is 11.2. The molecule has 2 heterocycles. The quantitative estimate of drug-likeness (QED) is 0.416. The first-order chi connectivity index (χ1) is 12.7. The van der Waals surface area contributed by atoms with Crippen LogP contribution < -0.4 is 5.73 Å². The molecule has 0 fully saturated rings. The van der Waals surface area contributed by atoms with Crippen LogP contribution in [0.3, 0.4) is 0 Å². The maximum absolute atomic E-state index is 10.6. The number of carboxylic acid groups (broad SMARTS) is 2. The van der Waals surface area contributed by atoms with Gasteiger partial charge in [-0.1, -0.05) is 18.2 Å². The Kier molecular flexibility index (Phi) is 6.74. The number of anilines is 1. The number of nitrogens with zero attached hydrogens (tertiary/aromatic N) is 2. The van der Waals surface area contributed by atoms with Crippen LogP contribution in [0.4, 0.5) is 32.2 Å². The Balaban J connectivity index is 0.000000240. The molecule has 1 aromatic carbocycles. The highest BCUT2D eigenvalue weighted by atomic mass is 19.4. The third-order valence-corrected chi connectivity index (χ3v) is 2.78. The predicted octanol–water partition coefficient (Wildman–Crippen LogP) is 2.96. The SMILES string of the molecule is Nc1nc2ccccc2c2[nH]cnc12.O=C(O)C(F)(F)F.O=C(O)C(F)(F)F. The monoisotopic (exact) mass is 412 g/mol. The molecular formula is C14H10F6N4O4. The first-order valence-electron chi connectivity index (χ1n) is 6.82. The smallest absolute Gasteiger partial charge is 0.475 e. The molecule has 0 saturated heterocycles. The van der Waals surface area contributed by atoms with Gasteiger partial charge in [-0.15, -0.1) is 0 Å². The maximum atomic E-state index is 10.6. The number of nitrogens with two attached hydrogens (primary N) is 1. The first-order valence-corrected chi connectivity index (χ1v) is 6.82. The third kappa shape index (κ3) is 6.00. The molecule has 3 aromatic rings. The summed E-state index contributed by atoms with van der Waals surface area (Å²) in [5.41, 5.74) is 8.36. The maximum Gasteiger partial charge on any atom is 0.490 e. The van der Waals surface area contributed by atoms with Crippen molar-refractivity contribution in [3.8, 4) is 0 Å². The average molecular weight is 412 g/mol. The van der Waals surface area contributed by atoms with E-state index in [4.69, 9.17) is 25.5 Å². The van der Waals surface area contributed by atoms with Crippen molar-refractivity contribution < 1.29 is 46.1 Å². The van der Waals surface area contributed by atoms with Gasteiger partial charge in [0.2, 0.25) is 0 Å². The lowest BCUT2D eigenvalue weighted by Crippen LogP contribution is -2.21. The second-order valence-corrected chi connectivity index (χ2v) is 4.75. The molecule has 8 nitrogen and oxygen atoms in total. The molecule has 0 radical (unpaired) electrons. The number of nitrogens with one attached hydrogen (secondary N) is 1. The van der Waals surface area contributed by atoms with Gasteiger partial charge >= 0.3 is 24.3 Å². The zero-order chi connectivity index (χ0) is 21.7. The molecular weight excluding hydrogens is 402 g/mol. The summed E-state index contributed by atoms with van der Waals surface area (Å²) < 4.78 is 63.5. The lowest BCUT2D eigenvalue weighted by Gasteiger charge is -1.99. The van der Waals surface area contributed by atoms with E-state index in [0.29, 0.717) is 5.82 Å². The molecule has 5 N–H and O–H groups in total. The minimum Gasteiger partial charge on any atom is -0.475 e. The Bertz CT molecular complexity index is 959. The number of alkyl halides is 6. The number of carbonyl (C=O) groups is 2. The summed E-state index contributed by atoms with van der Waals surface area (Å²) in [4.78, 5) is 29.3. The highest BCUT2D eigenvalue weighted by Crippen LogP contribution is 2.24. The van der Waals surface area contributed by atoms with E-state index >= 15 is 0 Å². The molecule has 0 amide bonds. The fraction of sp³-hybridized carbons (Fsp3) is 0.143. The third-order valence-electron chi connectivity index (χ3n) is 2.78. The number of pyridine rings is 1. The second-order valence-electron chi connectivity index (χ2n) is 4.75. The number of halogens is 6.